The molecule has 1 N–H and O–H groups in total. The van der Waals surface area contributed by atoms with Crippen LogP contribution in [0.3, 0.4) is 0 Å². The Morgan fingerprint density at radius 2 is 1.89 bits per heavy atom. The molecule has 1 saturated heterocycles. The molecule has 0 spiro atoms. The zero-order valence-corrected chi connectivity index (χ0v) is 12.2. The molecule has 0 bridgehead atoms. The zero-order valence-electron chi connectivity index (χ0n) is 12.2. The van der Waals surface area contributed by atoms with Crippen molar-refractivity contribution in [3.8, 4) is 0 Å². The maximum absolute atomic E-state index is 12.8. The number of carbonyl (C=O) groups is 1. The lowest BCUT2D eigenvalue weighted by Crippen LogP contribution is -2.58. The number of nitrogens with one attached hydrogen (secondary N) is 1. The first-order valence-corrected chi connectivity index (χ1v) is 7.52. The van der Waals surface area contributed by atoms with Gasteiger partial charge in [0.2, 0.25) is 0 Å². The number of carbonyl (C=O) groups excluding carboxylic acids is 1. The van der Waals surface area contributed by atoms with Crippen LogP contribution in [0, 0.1) is 11.8 Å². The molecule has 1 aliphatic carbocycles. The first kappa shape index (κ1) is 14.0. The van der Waals surface area contributed by atoms with E-state index in [4.69, 9.17) is 0 Å². The largest absolute Gasteiger partial charge is 0.314 e. The number of hydrogen-bond donors (Lipinski definition) is 1. The number of piperazine rings is 1. The third-order valence-electron chi connectivity index (χ3n) is 4.82. The summed E-state index contributed by atoms with van der Waals surface area (Å²) in [6.45, 7) is 10.6. The molecular weight excluding hydrogens is 224 g/mol. The standard InChI is InChI=1S/C15H28N2O/c1-12-5-4-6-13(11-12)14(18)15(2,3)17-9-7-16-8-10-17/h12-13,16H,4-11H2,1-3H3. The van der Waals surface area contributed by atoms with Gasteiger partial charge in [0.15, 0.2) is 5.78 Å². The van der Waals surface area contributed by atoms with Crippen molar-refractivity contribution in [2.45, 2.75) is 52.0 Å². The lowest BCUT2D eigenvalue weighted by atomic mass is 9.75. The lowest BCUT2D eigenvalue weighted by Gasteiger charge is -2.42. The summed E-state index contributed by atoms with van der Waals surface area (Å²) in [5.41, 5.74) is -0.274. The summed E-state index contributed by atoms with van der Waals surface area (Å²) >= 11 is 0. The van der Waals surface area contributed by atoms with Gasteiger partial charge in [-0.1, -0.05) is 19.8 Å². The highest BCUT2D eigenvalue weighted by molar-refractivity contribution is 5.89. The molecule has 1 saturated carbocycles. The quantitative estimate of drug-likeness (QED) is 0.834. The summed E-state index contributed by atoms with van der Waals surface area (Å²) in [7, 11) is 0. The van der Waals surface area contributed by atoms with Crippen LogP contribution in [0.25, 0.3) is 0 Å². The average Bonchev–Trinajstić information content (AvgIpc) is 2.39. The first-order chi connectivity index (χ1) is 8.51. The highest BCUT2D eigenvalue weighted by Gasteiger charge is 2.39. The molecule has 3 nitrogen and oxygen atoms in total. The molecule has 0 amide bonds. The van der Waals surface area contributed by atoms with E-state index >= 15 is 0 Å². The molecule has 2 fully saturated rings. The third kappa shape index (κ3) is 2.94. The summed E-state index contributed by atoms with van der Waals surface area (Å²) in [6.07, 6.45) is 4.75. The monoisotopic (exact) mass is 252 g/mol. The third-order valence-corrected chi connectivity index (χ3v) is 4.82. The van der Waals surface area contributed by atoms with Crippen molar-refractivity contribution in [3.05, 3.63) is 0 Å². The van der Waals surface area contributed by atoms with E-state index in [2.05, 4.69) is 31.0 Å². The van der Waals surface area contributed by atoms with E-state index in [-0.39, 0.29) is 5.54 Å². The van der Waals surface area contributed by atoms with Crippen molar-refractivity contribution < 1.29 is 4.79 Å². The minimum atomic E-state index is -0.274. The van der Waals surface area contributed by atoms with E-state index in [9.17, 15) is 4.79 Å². The van der Waals surface area contributed by atoms with Crippen molar-refractivity contribution in [1.29, 1.82) is 0 Å². The second kappa shape index (κ2) is 5.70. The Balaban J connectivity index is 2.01. The van der Waals surface area contributed by atoms with Gasteiger partial charge in [0.05, 0.1) is 5.54 Å². The smallest absolute Gasteiger partial charge is 0.155 e. The summed E-state index contributed by atoms with van der Waals surface area (Å²) in [4.78, 5) is 15.2. The molecule has 0 aromatic rings. The van der Waals surface area contributed by atoms with Crippen LogP contribution in [0.4, 0.5) is 0 Å². The van der Waals surface area contributed by atoms with E-state index in [0.717, 1.165) is 44.9 Å². The molecule has 18 heavy (non-hydrogen) atoms. The molecule has 2 rings (SSSR count). The van der Waals surface area contributed by atoms with E-state index in [0.29, 0.717) is 11.7 Å². The maximum Gasteiger partial charge on any atom is 0.155 e. The molecule has 0 radical (unpaired) electrons. The number of hydrogen-bond acceptors (Lipinski definition) is 3. The van der Waals surface area contributed by atoms with Crippen LogP contribution in [0.15, 0.2) is 0 Å². The van der Waals surface area contributed by atoms with Crippen molar-refractivity contribution in [3.63, 3.8) is 0 Å². The van der Waals surface area contributed by atoms with Crippen molar-refractivity contribution in [1.82, 2.24) is 10.2 Å². The number of ketones is 1. The Hall–Kier alpha value is -0.410. The van der Waals surface area contributed by atoms with Gasteiger partial charge in [0.1, 0.15) is 0 Å². The minimum absolute atomic E-state index is 0.274. The van der Waals surface area contributed by atoms with Gasteiger partial charge in [-0.25, -0.2) is 0 Å². The van der Waals surface area contributed by atoms with Gasteiger partial charge < -0.3 is 5.32 Å². The number of rotatable bonds is 3. The van der Waals surface area contributed by atoms with Crippen LogP contribution in [0.1, 0.15) is 46.5 Å². The average molecular weight is 252 g/mol. The normalized spacial score (nSPS) is 31.3. The van der Waals surface area contributed by atoms with Gasteiger partial charge in [0.25, 0.3) is 0 Å². The van der Waals surface area contributed by atoms with E-state index in [1.165, 1.54) is 12.8 Å². The van der Waals surface area contributed by atoms with Crippen LogP contribution in [0.2, 0.25) is 0 Å². The summed E-state index contributed by atoms with van der Waals surface area (Å²) in [6, 6.07) is 0. The Labute approximate surface area is 111 Å². The fourth-order valence-corrected chi connectivity index (χ4v) is 3.55. The Morgan fingerprint density at radius 3 is 2.50 bits per heavy atom. The van der Waals surface area contributed by atoms with E-state index in [1.54, 1.807) is 0 Å². The minimum Gasteiger partial charge on any atom is -0.314 e. The van der Waals surface area contributed by atoms with Gasteiger partial charge in [-0.05, 0) is 32.6 Å². The predicted octanol–water partition coefficient (Wildman–Crippen LogP) is 2.07. The molecule has 2 atom stereocenters. The fourth-order valence-electron chi connectivity index (χ4n) is 3.55. The number of nitrogens with zero attached hydrogens (tertiary/aromatic N) is 1. The van der Waals surface area contributed by atoms with E-state index in [1.807, 2.05) is 0 Å². The molecule has 2 unspecified atom stereocenters. The zero-order chi connectivity index (χ0) is 13.2. The molecule has 1 heterocycles. The Kier molecular flexibility index (Phi) is 4.44. The van der Waals surface area contributed by atoms with Gasteiger partial charge in [0, 0.05) is 32.1 Å². The topological polar surface area (TPSA) is 32.3 Å². The second-order valence-corrected chi connectivity index (χ2v) is 6.63. The molecule has 1 aliphatic heterocycles. The second-order valence-electron chi connectivity index (χ2n) is 6.63. The predicted molar refractivity (Wildman–Crippen MR) is 74.7 cm³/mol. The van der Waals surface area contributed by atoms with Gasteiger partial charge in [-0.2, -0.15) is 0 Å². The molecule has 0 aromatic carbocycles. The van der Waals surface area contributed by atoms with Crippen molar-refractivity contribution >= 4 is 5.78 Å². The molecule has 0 aromatic heterocycles. The highest BCUT2D eigenvalue weighted by Crippen LogP contribution is 2.33. The molecule has 3 heteroatoms. The molecule has 2 aliphatic rings. The Morgan fingerprint density at radius 1 is 1.22 bits per heavy atom. The molecule has 104 valence electrons. The van der Waals surface area contributed by atoms with Crippen LogP contribution in [-0.4, -0.2) is 42.4 Å². The SMILES string of the molecule is CC1CCCC(C(=O)C(C)(C)N2CCNCC2)C1. The van der Waals surface area contributed by atoms with Gasteiger partial charge in [-0.3, -0.25) is 9.69 Å². The van der Waals surface area contributed by atoms with Crippen LogP contribution < -0.4 is 5.32 Å². The van der Waals surface area contributed by atoms with Crippen LogP contribution in [0.5, 0.6) is 0 Å². The van der Waals surface area contributed by atoms with Crippen LogP contribution in [-0.2, 0) is 4.79 Å². The summed E-state index contributed by atoms with van der Waals surface area (Å²) in [5, 5.41) is 3.36. The molecular formula is C15H28N2O. The lowest BCUT2D eigenvalue weighted by molar-refractivity contribution is -0.135. The van der Waals surface area contributed by atoms with Gasteiger partial charge in [-0.15, -0.1) is 0 Å². The number of Topliss-reactive ketones (excluding diaryl/α,β-unsaturated/α-hetero) is 1. The summed E-state index contributed by atoms with van der Waals surface area (Å²) in [5.74, 6) is 1.51. The van der Waals surface area contributed by atoms with E-state index < -0.39 is 0 Å². The highest BCUT2D eigenvalue weighted by atomic mass is 16.1. The Bertz CT molecular complexity index is 295. The summed E-state index contributed by atoms with van der Waals surface area (Å²) < 4.78 is 0. The first-order valence-electron chi connectivity index (χ1n) is 7.52. The maximum atomic E-state index is 12.8. The van der Waals surface area contributed by atoms with Crippen LogP contribution >= 0.6 is 0 Å². The fraction of sp³-hybridized carbons (Fsp3) is 0.933. The van der Waals surface area contributed by atoms with Crippen molar-refractivity contribution in [2.75, 3.05) is 26.2 Å². The van der Waals surface area contributed by atoms with Crippen molar-refractivity contribution in [2.24, 2.45) is 11.8 Å². The van der Waals surface area contributed by atoms with Gasteiger partial charge >= 0.3 is 0 Å².